The number of carbonyl (C=O) groups excluding carboxylic acids is 1. The van der Waals surface area contributed by atoms with Gasteiger partial charge in [0.2, 0.25) is 0 Å². The van der Waals surface area contributed by atoms with Gasteiger partial charge in [-0.25, -0.2) is 17.7 Å². The minimum Gasteiger partial charge on any atom is -0.488 e. The number of halogens is 2. The molecule has 0 saturated carbocycles. The van der Waals surface area contributed by atoms with Crippen LogP contribution in [0.1, 0.15) is 16.1 Å². The van der Waals surface area contributed by atoms with Crippen molar-refractivity contribution in [1.29, 1.82) is 0 Å². The van der Waals surface area contributed by atoms with Crippen LogP contribution in [0.3, 0.4) is 0 Å². The molecule has 30 heavy (non-hydrogen) atoms. The fraction of sp³-hybridized carbons (Fsp3) is 0.190. The zero-order valence-electron chi connectivity index (χ0n) is 16.0. The van der Waals surface area contributed by atoms with Crippen LogP contribution in [0.5, 0.6) is 5.75 Å². The van der Waals surface area contributed by atoms with Gasteiger partial charge in [0.15, 0.2) is 23.1 Å². The zero-order valence-corrected chi connectivity index (χ0v) is 16.8. The van der Waals surface area contributed by atoms with E-state index < -0.39 is 28.5 Å². The number of rotatable bonds is 4. The molecule has 1 aromatic heterocycles. The van der Waals surface area contributed by atoms with Gasteiger partial charge in [-0.2, -0.15) is 0 Å². The van der Waals surface area contributed by atoms with Gasteiger partial charge >= 0.3 is 0 Å². The van der Waals surface area contributed by atoms with Crippen LogP contribution >= 0.6 is 0 Å². The Balaban J connectivity index is 1.56. The molecule has 2 heterocycles. The molecule has 0 spiro atoms. The maximum absolute atomic E-state index is 13.4. The average molecular weight is 431 g/mol. The number of aromatic nitrogens is 1. The van der Waals surface area contributed by atoms with Crippen molar-refractivity contribution < 1.29 is 22.5 Å². The molecule has 3 aromatic rings. The van der Waals surface area contributed by atoms with Crippen molar-refractivity contribution in [2.75, 3.05) is 11.9 Å². The smallest absolute Gasteiger partial charge is 0.276 e. The summed E-state index contributed by atoms with van der Waals surface area (Å²) >= 11 is 0. The number of hydrogen-bond donors (Lipinski definition) is 2. The van der Waals surface area contributed by atoms with Crippen molar-refractivity contribution in [3.63, 3.8) is 0 Å². The number of benzene rings is 2. The van der Waals surface area contributed by atoms with Crippen molar-refractivity contribution in [3.05, 3.63) is 77.6 Å². The fourth-order valence-electron chi connectivity index (χ4n) is 3.31. The molecule has 1 unspecified atom stereocenters. The highest BCUT2D eigenvalue weighted by Crippen LogP contribution is 2.31. The SMILES string of the molecule is Cn1cc2c(c1C(=O)Nc1ccc(F)c(F)c1)OC[C@@H](Cc1ccccc1)NS2=O. The lowest BCUT2D eigenvalue weighted by molar-refractivity contribution is 0.101. The molecule has 0 radical (unpaired) electrons. The molecule has 2 atom stereocenters. The Morgan fingerprint density at radius 2 is 2.00 bits per heavy atom. The first kappa shape index (κ1) is 20.2. The predicted octanol–water partition coefficient (Wildman–Crippen LogP) is 3.17. The summed E-state index contributed by atoms with van der Waals surface area (Å²) in [6.45, 7) is 0.211. The van der Waals surface area contributed by atoms with Crippen LogP contribution in [0.25, 0.3) is 0 Å². The van der Waals surface area contributed by atoms with Crippen molar-refractivity contribution in [2.45, 2.75) is 17.4 Å². The summed E-state index contributed by atoms with van der Waals surface area (Å²) in [6, 6.07) is 12.6. The molecule has 4 rings (SSSR count). The van der Waals surface area contributed by atoms with Crippen LogP contribution in [0.15, 0.2) is 59.6 Å². The molecule has 1 aliphatic rings. The van der Waals surface area contributed by atoms with Gasteiger partial charge in [0.25, 0.3) is 5.91 Å². The normalized spacial score (nSPS) is 18.2. The second-order valence-electron chi connectivity index (χ2n) is 6.95. The number of amides is 1. The highest BCUT2D eigenvalue weighted by molar-refractivity contribution is 7.83. The topological polar surface area (TPSA) is 72.4 Å². The molecule has 0 bridgehead atoms. The van der Waals surface area contributed by atoms with E-state index in [0.717, 1.165) is 17.7 Å². The molecule has 2 N–H and O–H groups in total. The molecular weight excluding hydrogens is 412 g/mol. The third kappa shape index (κ3) is 4.12. The molecule has 1 amide bonds. The van der Waals surface area contributed by atoms with Crippen LogP contribution in [0.4, 0.5) is 14.5 Å². The van der Waals surface area contributed by atoms with Crippen molar-refractivity contribution in [3.8, 4) is 5.75 Å². The predicted molar refractivity (Wildman–Crippen MR) is 109 cm³/mol. The Hall–Kier alpha value is -3.04. The standard InChI is InChI=1S/C21H19F2N3O3S/c1-26-11-18-20(19(26)21(27)24-14-7-8-16(22)17(23)10-14)29-12-15(25-30(18)28)9-13-5-3-2-4-6-13/h2-8,10-11,15,25H,9,12H2,1H3,(H,24,27)/t15-,30?/m1/s1. The van der Waals surface area contributed by atoms with E-state index in [2.05, 4.69) is 10.0 Å². The second-order valence-corrected chi connectivity index (χ2v) is 8.16. The van der Waals surface area contributed by atoms with Crippen LogP contribution in [-0.2, 0) is 24.5 Å². The van der Waals surface area contributed by atoms with E-state index in [-0.39, 0.29) is 29.8 Å². The maximum atomic E-state index is 13.4. The molecule has 0 aliphatic carbocycles. The van der Waals surface area contributed by atoms with E-state index in [1.807, 2.05) is 30.3 Å². The zero-order chi connectivity index (χ0) is 21.3. The summed E-state index contributed by atoms with van der Waals surface area (Å²) in [5, 5.41) is 2.52. The minimum atomic E-state index is -1.58. The van der Waals surface area contributed by atoms with E-state index in [1.54, 1.807) is 13.2 Å². The maximum Gasteiger partial charge on any atom is 0.276 e. The van der Waals surface area contributed by atoms with Gasteiger partial charge in [0, 0.05) is 25.0 Å². The molecule has 1 aliphatic heterocycles. The van der Waals surface area contributed by atoms with Gasteiger partial charge in [0.05, 0.1) is 6.04 Å². The highest BCUT2D eigenvalue weighted by atomic mass is 32.2. The van der Waals surface area contributed by atoms with Gasteiger partial charge in [-0.05, 0) is 24.1 Å². The molecule has 6 nitrogen and oxygen atoms in total. The number of nitrogens with one attached hydrogen (secondary N) is 2. The number of anilines is 1. The lowest BCUT2D eigenvalue weighted by atomic mass is 10.1. The highest BCUT2D eigenvalue weighted by Gasteiger charge is 2.30. The first-order chi connectivity index (χ1) is 14.4. The summed E-state index contributed by atoms with van der Waals surface area (Å²) in [5.41, 5.74) is 1.31. The second kappa shape index (κ2) is 8.37. The van der Waals surface area contributed by atoms with Crippen LogP contribution < -0.4 is 14.8 Å². The van der Waals surface area contributed by atoms with E-state index in [1.165, 1.54) is 10.6 Å². The first-order valence-corrected chi connectivity index (χ1v) is 10.4. The van der Waals surface area contributed by atoms with Crippen LogP contribution in [0.2, 0.25) is 0 Å². The third-order valence-corrected chi connectivity index (χ3v) is 5.96. The number of fused-ring (bicyclic) bond motifs is 1. The Kier molecular flexibility index (Phi) is 5.65. The van der Waals surface area contributed by atoms with Crippen LogP contribution in [-0.4, -0.2) is 27.3 Å². The third-order valence-electron chi connectivity index (χ3n) is 4.72. The minimum absolute atomic E-state index is 0.101. The average Bonchev–Trinajstić information content (AvgIpc) is 2.98. The van der Waals surface area contributed by atoms with Gasteiger partial charge in [0.1, 0.15) is 22.5 Å². The van der Waals surface area contributed by atoms with E-state index in [9.17, 15) is 17.8 Å². The van der Waals surface area contributed by atoms with Gasteiger partial charge in [-0.1, -0.05) is 30.3 Å². The summed E-state index contributed by atoms with van der Waals surface area (Å²) in [5.74, 6) is -2.44. The summed E-state index contributed by atoms with van der Waals surface area (Å²) in [7, 11) is 0.0409. The Morgan fingerprint density at radius 3 is 2.73 bits per heavy atom. The molecule has 9 heteroatoms. The van der Waals surface area contributed by atoms with Crippen molar-refractivity contribution >= 4 is 22.6 Å². The quantitative estimate of drug-likeness (QED) is 0.667. The van der Waals surface area contributed by atoms with E-state index >= 15 is 0 Å². The number of hydrogen-bond acceptors (Lipinski definition) is 3. The van der Waals surface area contributed by atoms with Crippen molar-refractivity contribution in [1.82, 2.24) is 9.29 Å². The summed E-state index contributed by atoms with van der Waals surface area (Å²) < 4.78 is 49.8. The Morgan fingerprint density at radius 1 is 1.23 bits per heavy atom. The van der Waals surface area contributed by atoms with E-state index in [0.29, 0.717) is 11.3 Å². The van der Waals surface area contributed by atoms with E-state index in [4.69, 9.17) is 4.74 Å². The van der Waals surface area contributed by atoms with Gasteiger partial charge in [-0.15, -0.1) is 0 Å². The lowest BCUT2D eigenvalue weighted by Gasteiger charge is -2.15. The summed E-state index contributed by atoms with van der Waals surface area (Å²) in [6.07, 6.45) is 2.17. The molecule has 2 aromatic carbocycles. The van der Waals surface area contributed by atoms with Gasteiger partial charge in [-0.3, -0.25) is 4.79 Å². The molecule has 0 fully saturated rings. The lowest BCUT2D eigenvalue weighted by Crippen LogP contribution is -2.35. The Bertz CT molecular complexity index is 1120. The number of carbonyl (C=O) groups is 1. The summed E-state index contributed by atoms with van der Waals surface area (Å²) in [4.78, 5) is 13.2. The number of nitrogens with zero attached hydrogens (tertiary/aromatic N) is 1. The van der Waals surface area contributed by atoms with Crippen LogP contribution in [0, 0.1) is 11.6 Å². The van der Waals surface area contributed by atoms with Crippen molar-refractivity contribution in [2.24, 2.45) is 7.05 Å². The van der Waals surface area contributed by atoms with Gasteiger partial charge < -0.3 is 14.6 Å². The molecular formula is C21H19F2N3O3S. The monoisotopic (exact) mass is 431 g/mol. The number of ether oxygens (including phenoxy) is 1. The number of aryl methyl sites for hydroxylation is 1. The first-order valence-electron chi connectivity index (χ1n) is 9.22. The Labute approximate surface area is 174 Å². The molecule has 0 saturated heterocycles. The molecule has 156 valence electrons. The largest absolute Gasteiger partial charge is 0.488 e. The fourth-order valence-corrected chi connectivity index (χ4v) is 4.47.